The van der Waals surface area contributed by atoms with Crippen LogP contribution in [0, 0.1) is 5.92 Å². The number of quaternary nitrogens is 1. The molecule has 142 valence electrons. The molecule has 3 N–H and O–H groups in total. The van der Waals surface area contributed by atoms with Crippen molar-refractivity contribution in [3.63, 3.8) is 0 Å². The third-order valence-electron chi connectivity index (χ3n) is 4.51. The number of phenols is 1. The summed E-state index contributed by atoms with van der Waals surface area (Å²) in [6.07, 6.45) is 3.16. The van der Waals surface area contributed by atoms with Crippen molar-refractivity contribution in [2.45, 2.75) is 59.0 Å². The number of nitrogens with two attached hydrogens (primary N) is 1. The lowest BCUT2D eigenvalue weighted by molar-refractivity contribution is -0.699. The first-order valence-electron chi connectivity index (χ1n) is 9.15. The molecule has 1 atom stereocenters. The first-order chi connectivity index (χ1) is 12.3. The van der Waals surface area contributed by atoms with E-state index in [9.17, 15) is 19.8 Å². The van der Waals surface area contributed by atoms with Crippen LogP contribution >= 0.6 is 0 Å². The number of carboxylic acids is 1. The van der Waals surface area contributed by atoms with Crippen molar-refractivity contribution in [1.82, 2.24) is 0 Å². The predicted molar refractivity (Wildman–Crippen MR) is 96.6 cm³/mol. The van der Waals surface area contributed by atoms with E-state index >= 15 is 0 Å². The van der Waals surface area contributed by atoms with Crippen molar-refractivity contribution in [2.75, 3.05) is 0 Å². The number of hydrogen-bond donors (Lipinski definition) is 2. The van der Waals surface area contributed by atoms with Crippen LogP contribution in [0.5, 0.6) is 5.75 Å². The zero-order chi connectivity index (χ0) is 19.3. The highest BCUT2D eigenvalue weighted by Gasteiger charge is 2.19. The molecule has 1 aromatic carbocycles. The third-order valence-corrected chi connectivity index (χ3v) is 4.51. The summed E-state index contributed by atoms with van der Waals surface area (Å²) in [5.74, 6) is -0.941. The zero-order valence-corrected chi connectivity index (χ0v) is 15.6. The smallest absolute Gasteiger partial charge is 0.336 e. The Balaban J connectivity index is 2.40. The summed E-state index contributed by atoms with van der Waals surface area (Å²) >= 11 is 0. The first kappa shape index (κ1) is 20.0. The average Bonchev–Trinajstić information content (AvgIpc) is 2.57. The number of rotatable bonds is 9. The summed E-state index contributed by atoms with van der Waals surface area (Å²) < 4.78 is 5.37. The van der Waals surface area contributed by atoms with Gasteiger partial charge in [0.05, 0.1) is 11.5 Å². The lowest BCUT2D eigenvalue weighted by Crippen LogP contribution is -2.91. The molecule has 0 aliphatic rings. The van der Waals surface area contributed by atoms with Crippen molar-refractivity contribution in [1.29, 1.82) is 0 Å². The van der Waals surface area contributed by atoms with Gasteiger partial charge in [-0.05, 0) is 36.5 Å². The van der Waals surface area contributed by atoms with Crippen molar-refractivity contribution < 1.29 is 24.7 Å². The number of carbonyl (C=O) groups is 1. The molecule has 0 bridgehead atoms. The minimum atomic E-state index is -1.14. The maximum absolute atomic E-state index is 12.0. The number of aryl methyl sites for hydroxylation is 1. The van der Waals surface area contributed by atoms with Gasteiger partial charge in [0, 0.05) is 17.9 Å². The number of carboxylic acid groups (broad SMARTS) is 1. The van der Waals surface area contributed by atoms with Gasteiger partial charge in [0.1, 0.15) is 18.3 Å². The Kier molecular flexibility index (Phi) is 6.80. The predicted octanol–water partition coefficient (Wildman–Crippen LogP) is 1.07. The number of fused-ring (bicyclic) bond motifs is 1. The second kappa shape index (κ2) is 8.85. The van der Waals surface area contributed by atoms with E-state index < -0.39 is 17.6 Å². The summed E-state index contributed by atoms with van der Waals surface area (Å²) in [5, 5.41) is 24.0. The highest BCUT2D eigenvalue weighted by Crippen LogP contribution is 2.28. The zero-order valence-electron chi connectivity index (χ0n) is 15.6. The molecule has 0 spiro atoms. The second-order valence-corrected chi connectivity index (χ2v) is 7.13. The molecular formula is C20H27NO5. The number of unbranched alkanes of at least 4 members (excludes halogenated alkanes) is 1. The Bertz CT molecular complexity index is 825. The van der Waals surface area contributed by atoms with Gasteiger partial charge in [0.2, 0.25) is 0 Å². The molecule has 1 aromatic heterocycles. The van der Waals surface area contributed by atoms with Crippen LogP contribution in [-0.2, 0) is 17.8 Å². The summed E-state index contributed by atoms with van der Waals surface area (Å²) in [6, 6.07) is 4.08. The molecule has 6 nitrogen and oxygen atoms in total. The fourth-order valence-corrected chi connectivity index (χ4v) is 3.16. The molecule has 2 aromatic rings. The van der Waals surface area contributed by atoms with Gasteiger partial charge in [0.15, 0.2) is 5.58 Å². The fraction of sp³-hybridized carbons (Fsp3) is 0.500. The summed E-state index contributed by atoms with van der Waals surface area (Å²) in [7, 11) is 0. The number of benzene rings is 1. The van der Waals surface area contributed by atoms with Gasteiger partial charge in [-0.15, -0.1) is 0 Å². The minimum absolute atomic E-state index is 0.00816. The molecule has 0 saturated carbocycles. The van der Waals surface area contributed by atoms with E-state index in [0.717, 1.165) is 30.2 Å². The van der Waals surface area contributed by atoms with E-state index in [-0.39, 0.29) is 18.2 Å². The Labute approximate surface area is 152 Å². The van der Waals surface area contributed by atoms with Crippen LogP contribution in [0.2, 0.25) is 0 Å². The molecule has 0 unspecified atom stereocenters. The molecule has 26 heavy (non-hydrogen) atoms. The van der Waals surface area contributed by atoms with Crippen LogP contribution in [0.3, 0.4) is 0 Å². The molecule has 0 fully saturated rings. The van der Waals surface area contributed by atoms with Gasteiger partial charge in [-0.2, -0.15) is 0 Å². The average molecular weight is 361 g/mol. The van der Waals surface area contributed by atoms with Crippen molar-refractivity contribution in [3.05, 3.63) is 39.7 Å². The van der Waals surface area contributed by atoms with E-state index in [1.165, 1.54) is 6.07 Å². The van der Waals surface area contributed by atoms with Crippen LogP contribution in [0.15, 0.2) is 27.4 Å². The largest absolute Gasteiger partial charge is 0.544 e. The molecule has 0 aliphatic heterocycles. The standard InChI is InChI=1S/C20H27NO5/c1-4-5-6-13-10-18(23)26-19-14(13)7-8-17(22)15(19)11-21-16(20(24)25)9-12(2)3/h7-8,10,12,16,21-22H,4-6,9,11H2,1-3H3,(H,24,25)/t16-/m0/s1. The highest BCUT2D eigenvalue weighted by atomic mass is 16.4. The Morgan fingerprint density at radius 1 is 1.35 bits per heavy atom. The molecule has 0 radical (unpaired) electrons. The summed E-state index contributed by atoms with van der Waals surface area (Å²) in [4.78, 5) is 23.3. The summed E-state index contributed by atoms with van der Waals surface area (Å²) in [6.45, 7) is 6.15. The number of carbonyl (C=O) groups excluding carboxylic acids is 1. The molecule has 1 heterocycles. The minimum Gasteiger partial charge on any atom is -0.544 e. The van der Waals surface area contributed by atoms with Crippen molar-refractivity contribution in [2.24, 2.45) is 5.92 Å². The van der Waals surface area contributed by atoms with Crippen LogP contribution in [0.1, 0.15) is 51.2 Å². The van der Waals surface area contributed by atoms with Crippen molar-refractivity contribution >= 4 is 16.9 Å². The lowest BCUT2D eigenvalue weighted by atomic mass is 10.0. The van der Waals surface area contributed by atoms with Gasteiger partial charge in [-0.1, -0.05) is 27.2 Å². The maximum atomic E-state index is 12.0. The van der Waals surface area contributed by atoms with Crippen LogP contribution in [0.4, 0.5) is 0 Å². The van der Waals surface area contributed by atoms with Gasteiger partial charge in [-0.3, -0.25) is 0 Å². The Morgan fingerprint density at radius 2 is 2.08 bits per heavy atom. The summed E-state index contributed by atoms with van der Waals surface area (Å²) in [5.41, 5.74) is 1.20. The Morgan fingerprint density at radius 3 is 2.69 bits per heavy atom. The van der Waals surface area contributed by atoms with E-state index in [4.69, 9.17) is 4.42 Å². The van der Waals surface area contributed by atoms with Gasteiger partial charge < -0.3 is 24.7 Å². The molecular weight excluding hydrogens is 334 g/mol. The molecule has 0 amide bonds. The molecule has 2 rings (SSSR count). The van der Waals surface area contributed by atoms with Gasteiger partial charge >= 0.3 is 5.63 Å². The van der Waals surface area contributed by atoms with Crippen molar-refractivity contribution in [3.8, 4) is 5.75 Å². The van der Waals surface area contributed by atoms with Crippen LogP contribution in [0.25, 0.3) is 11.0 Å². The first-order valence-corrected chi connectivity index (χ1v) is 9.15. The van der Waals surface area contributed by atoms with Crippen LogP contribution in [-0.4, -0.2) is 17.1 Å². The topological polar surface area (TPSA) is 107 Å². The Hall–Kier alpha value is -2.34. The maximum Gasteiger partial charge on any atom is 0.336 e. The SMILES string of the molecule is CCCCc1cc(=O)oc2c(C[NH2+][C@@H](CC(C)C)C(=O)[O-])c(O)ccc12. The number of aliphatic carboxylic acids is 1. The number of phenolic OH excluding ortho intramolecular Hbond substituents is 1. The van der Waals surface area contributed by atoms with E-state index in [1.54, 1.807) is 17.4 Å². The number of hydrogen-bond acceptors (Lipinski definition) is 5. The van der Waals surface area contributed by atoms with E-state index in [0.29, 0.717) is 17.6 Å². The molecule has 6 heteroatoms. The molecule has 0 aliphatic carbocycles. The third kappa shape index (κ3) is 4.85. The normalized spacial score (nSPS) is 12.6. The van der Waals surface area contributed by atoms with E-state index in [2.05, 4.69) is 6.92 Å². The monoisotopic (exact) mass is 361 g/mol. The lowest BCUT2D eigenvalue weighted by Gasteiger charge is -2.19. The van der Waals surface area contributed by atoms with Crippen LogP contribution < -0.4 is 16.0 Å². The van der Waals surface area contributed by atoms with Gasteiger partial charge in [-0.25, -0.2) is 4.79 Å². The highest BCUT2D eigenvalue weighted by molar-refractivity contribution is 5.85. The quantitative estimate of drug-likeness (QED) is 0.650. The molecule has 0 saturated heterocycles. The number of aromatic hydroxyl groups is 1. The fourth-order valence-electron chi connectivity index (χ4n) is 3.16. The van der Waals surface area contributed by atoms with E-state index in [1.807, 2.05) is 13.8 Å². The van der Waals surface area contributed by atoms with Gasteiger partial charge in [0.25, 0.3) is 0 Å². The second-order valence-electron chi connectivity index (χ2n) is 7.13.